The summed E-state index contributed by atoms with van der Waals surface area (Å²) < 4.78 is 5.37. The Morgan fingerprint density at radius 1 is 1.26 bits per heavy atom. The molecule has 0 radical (unpaired) electrons. The number of hydrogen-bond acceptors (Lipinski definition) is 3. The molecule has 1 aromatic rings. The molecule has 2 rings (SSSR count). The number of nitrogens with two attached hydrogens (primary N) is 1. The number of carbonyl (C=O) groups is 1. The minimum absolute atomic E-state index is 0.0665. The van der Waals surface area contributed by atoms with Crippen molar-refractivity contribution in [3.05, 3.63) is 35.9 Å². The number of benzene rings is 1. The zero-order valence-corrected chi connectivity index (χ0v) is 14.6. The van der Waals surface area contributed by atoms with Gasteiger partial charge in [-0.2, -0.15) is 0 Å². The molecule has 0 heterocycles. The van der Waals surface area contributed by atoms with Crippen LogP contribution in [0.5, 0.6) is 0 Å². The third-order valence-corrected chi connectivity index (χ3v) is 4.59. The van der Waals surface area contributed by atoms with Crippen LogP contribution in [0.2, 0.25) is 0 Å². The highest BCUT2D eigenvalue weighted by Crippen LogP contribution is 2.44. The van der Waals surface area contributed by atoms with Crippen molar-refractivity contribution in [3.63, 3.8) is 0 Å². The number of nitrogens with one attached hydrogen (secondary N) is 1. The van der Waals surface area contributed by atoms with E-state index in [1.165, 1.54) is 18.4 Å². The Morgan fingerprint density at radius 3 is 2.39 bits per heavy atom. The maximum absolute atomic E-state index is 12.1. The average Bonchev–Trinajstić information content (AvgIpc) is 2.95. The summed E-state index contributed by atoms with van der Waals surface area (Å²) in [6.45, 7) is 6.03. The van der Waals surface area contributed by atoms with E-state index in [4.69, 9.17) is 10.5 Å². The van der Waals surface area contributed by atoms with Crippen LogP contribution in [0.25, 0.3) is 0 Å². The maximum atomic E-state index is 12.1. The molecule has 0 spiro atoms. The van der Waals surface area contributed by atoms with Gasteiger partial charge in [0.25, 0.3) is 0 Å². The number of amides is 1. The van der Waals surface area contributed by atoms with E-state index in [9.17, 15) is 4.79 Å². The van der Waals surface area contributed by atoms with Gasteiger partial charge in [0, 0.05) is 12.6 Å². The quantitative estimate of drug-likeness (QED) is 0.869. The van der Waals surface area contributed by atoms with Gasteiger partial charge in [-0.15, -0.1) is 0 Å². The van der Waals surface area contributed by atoms with Crippen LogP contribution < -0.4 is 11.1 Å². The van der Waals surface area contributed by atoms with Gasteiger partial charge in [0.2, 0.25) is 0 Å². The molecule has 0 aliphatic heterocycles. The predicted octanol–water partition coefficient (Wildman–Crippen LogP) is 3.74. The summed E-state index contributed by atoms with van der Waals surface area (Å²) in [6, 6.07) is 10.6. The van der Waals surface area contributed by atoms with E-state index in [1.807, 2.05) is 26.8 Å². The number of rotatable bonds is 5. The zero-order valence-electron chi connectivity index (χ0n) is 14.6. The van der Waals surface area contributed by atoms with Crippen molar-refractivity contribution < 1.29 is 9.53 Å². The summed E-state index contributed by atoms with van der Waals surface area (Å²) in [7, 11) is 0. The summed E-state index contributed by atoms with van der Waals surface area (Å²) in [5, 5.41) is 2.96. The molecule has 1 atom stereocenters. The Kier molecular flexibility index (Phi) is 5.69. The van der Waals surface area contributed by atoms with Gasteiger partial charge in [-0.25, -0.2) is 4.79 Å². The van der Waals surface area contributed by atoms with Crippen LogP contribution in [0.15, 0.2) is 30.3 Å². The fourth-order valence-electron chi connectivity index (χ4n) is 3.59. The van der Waals surface area contributed by atoms with Crippen molar-refractivity contribution in [1.82, 2.24) is 5.32 Å². The third-order valence-electron chi connectivity index (χ3n) is 4.59. The maximum Gasteiger partial charge on any atom is 0.407 e. The van der Waals surface area contributed by atoms with Crippen LogP contribution in [0.3, 0.4) is 0 Å². The SMILES string of the molecule is CC(C)(C)OC(=O)NC(CN)CC1(c2ccccc2)CCCC1. The first kappa shape index (κ1) is 17.8. The highest BCUT2D eigenvalue weighted by Gasteiger charge is 2.37. The molecule has 1 fully saturated rings. The molecule has 1 saturated carbocycles. The molecular weight excluding hydrogens is 288 g/mol. The summed E-state index contributed by atoms with van der Waals surface area (Å²) in [5.41, 5.74) is 6.93. The Labute approximate surface area is 139 Å². The van der Waals surface area contributed by atoms with Gasteiger partial charge in [-0.1, -0.05) is 43.2 Å². The van der Waals surface area contributed by atoms with Crippen molar-refractivity contribution in [2.45, 2.75) is 69.9 Å². The van der Waals surface area contributed by atoms with Crippen molar-refractivity contribution in [1.29, 1.82) is 0 Å². The second-order valence-electron chi connectivity index (χ2n) is 7.64. The van der Waals surface area contributed by atoms with Crippen LogP contribution in [-0.2, 0) is 10.2 Å². The van der Waals surface area contributed by atoms with E-state index >= 15 is 0 Å². The van der Waals surface area contributed by atoms with E-state index in [1.54, 1.807) is 0 Å². The molecule has 0 saturated heterocycles. The van der Waals surface area contributed by atoms with Crippen LogP contribution >= 0.6 is 0 Å². The fourth-order valence-corrected chi connectivity index (χ4v) is 3.59. The van der Waals surface area contributed by atoms with E-state index in [0.29, 0.717) is 6.54 Å². The molecule has 4 nitrogen and oxygen atoms in total. The first-order chi connectivity index (χ1) is 10.8. The first-order valence-corrected chi connectivity index (χ1v) is 8.60. The Balaban J connectivity index is 2.07. The lowest BCUT2D eigenvalue weighted by molar-refractivity contribution is 0.0497. The molecule has 4 heteroatoms. The van der Waals surface area contributed by atoms with E-state index in [2.05, 4.69) is 29.6 Å². The molecule has 128 valence electrons. The largest absolute Gasteiger partial charge is 0.444 e. The van der Waals surface area contributed by atoms with Gasteiger partial charge >= 0.3 is 6.09 Å². The normalized spacial score (nSPS) is 18.4. The molecule has 1 aliphatic rings. The minimum Gasteiger partial charge on any atom is -0.444 e. The monoisotopic (exact) mass is 318 g/mol. The molecule has 23 heavy (non-hydrogen) atoms. The Hall–Kier alpha value is -1.55. The van der Waals surface area contributed by atoms with Gasteiger partial charge in [-0.05, 0) is 51.0 Å². The summed E-state index contributed by atoms with van der Waals surface area (Å²) >= 11 is 0. The number of hydrogen-bond donors (Lipinski definition) is 2. The Bertz CT molecular complexity index is 502. The second-order valence-corrected chi connectivity index (χ2v) is 7.64. The number of carbonyl (C=O) groups excluding carboxylic acids is 1. The average molecular weight is 318 g/mol. The van der Waals surface area contributed by atoms with Crippen molar-refractivity contribution in [2.75, 3.05) is 6.54 Å². The molecule has 1 aliphatic carbocycles. The number of ether oxygens (including phenoxy) is 1. The van der Waals surface area contributed by atoms with Crippen LogP contribution in [0.4, 0.5) is 4.79 Å². The van der Waals surface area contributed by atoms with E-state index in [-0.39, 0.29) is 17.6 Å². The topological polar surface area (TPSA) is 64.3 Å². The molecule has 1 amide bonds. The van der Waals surface area contributed by atoms with Gasteiger partial charge < -0.3 is 15.8 Å². The highest BCUT2D eigenvalue weighted by molar-refractivity contribution is 5.68. The summed E-state index contributed by atoms with van der Waals surface area (Å²) in [6.07, 6.45) is 5.27. The molecule has 1 unspecified atom stereocenters. The Morgan fingerprint density at radius 2 is 1.87 bits per heavy atom. The summed E-state index contributed by atoms with van der Waals surface area (Å²) in [5.74, 6) is 0. The van der Waals surface area contributed by atoms with E-state index < -0.39 is 5.60 Å². The van der Waals surface area contributed by atoms with Gasteiger partial charge in [0.05, 0.1) is 0 Å². The predicted molar refractivity (Wildman–Crippen MR) is 93.4 cm³/mol. The highest BCUT2D eigenvalue weighted by atomic mass is 16.6. The van der Waals surface area contributed by atoms with Gasteiger partial charge in [-0.3, -0.25) is 0 Å². The smallest absolute Gasteiger partial charge is 0.407 e. The van der Waals surface area contributed by atoms with Gasteiger partial charge in [0.1, 0.15) is 5.60 Å². The minimum atomic E-state index is -0.492. The van der Waals surface area contributed by atoms with Crippen molar-refractivity contribution in [2.24, 2.45) is 5.73 Å². The summed E-state index contributed by atoms with van der Waals surface area (Å²) in [4.78, 5) is 12.1. The van der Waals surface area contributed by atoms with E-state index in [0.717, 1.165) is 19.3 Å². The van der Waals surface area contributed by atoms with Crippen LogP contribution in [0, 0.1) is 0 Å². The molecule has 3 N–H and O–H groups in total. The third kappa shape index (κ3) is 4.96. The fraction of sp³-hybridized carbons (Fsp3) is 0.632. The van der Waals surface area contributed by atoms with Crippen molar-refractivity contribution >= 4 is 6.09 Å². The zero-order chi connectivity index (χ0) is 16.9. The lowest BCUT2D eigenvalue weighted by Gasteiger charge is -2.34. The standard InChI is InChI=1S/C19H30N2O2/c1-18(2,3)23-17(22)21-16(14-20)13-19(11-7-8-12-19)15-9-5-4-6-10-15/h4-6,9-10,16H,7-8,11-14,20H2,1-3H3,(H,21,22). The molecule has 1 aromatic carbocycles. The first-order valence-electron chi connectivity index (χ1n) is 8.60. The number of alkyl carbamates (subject to hydrolysis) is 1. The lowest BCUT2D eigenvalue weighted by atomic mass is 9.74. The van der Waals surface area contributed by atoms with Crippen molar-refractivity contribution in [3.8, 4) is 0 Å². The molecular formula is C19H30N2O2. The van der Waals surface area contributed by atoms with Gasteiger partial charge in [0.15, 0.2) is 0 Å². The molecule has 0 bridgehead atoms. The molecule has 0 aromatic heterocycles. The van der Waals surface area contributed by atoms with Crippen LogP contribution in [-0.4, -0.2) is 24.3 Å². The second kappa shape index (κ2) is 7.35. The lowest BCUT2D eigenvalue weighted by Crippen LogP contribution is -2.46. The van der Waals surface area contributed by atoms with Crippen LogP contribution in [0.1, 0.15) is 58.4 Å².